The van der Waals surface area contributed by atoms with Crippen LogP contribution in [-0.4, -0.2) is 24.7 Å². The van der Waals surface area contributed by atoms with Crippen LogP contribution < -0.4 is 21.7 Å². The van der Waals surface area contributed by atoms with Gasteiger partial charge in [0, 0.05) is 11.6 Å². The number of aromatic amines is 1. The van der Waals surface area contributed by atoms with E-state index in [0.717, 1.165) is 38.1 Å². The highest BCUT2D eigenvalue weighted by Gasteiger charge is 2.15. The lowest BCUT2D eigenvalue weighted by Gasteiger charge is -2.13. The lowest BCUT2D eigenvalue weighted by atomic mass is 10.1. The molecule has 0 atom stereocenters. The van der Waals surface area contributed by atoms with Crippen LogP contribution in [0, 0.1) is 13.8 Å². The highest BCUT2D eigenvalue weighted by atomic mass is 35.5. The first-order valence-electron chi connectivity index (χ1n) is 10.7. The molecule has 180 valence electrons. The molecule has 0 fully saturated rings. The van der Waals surface area contributed by atoms with Gasteiger partial charge in [-0.15, -0.1) is 5.10 Å². The van der Waals surface area contributed by atoms with Crippen LogP contribution in [0.4, 0.5) is 5.82 Å². The van der Waals surface area contributed by atoms with Gasteiger partial charge in [-0.1, -0.05) is 29.3 Å². The number of nitrogen functional groups attached to an aromatic ring is 1. The second-order valence-electron chi connectivity index (χ2n) is 8.12. The first-order chi connectivity index (χ1) is 17.2. The van der Waals surface area contributed by atoms with E-state index in [1.54, 1.807) is 6.07 Å². The van der Waals surface area contributed by atoms with Gasteiger partial charge in [0.05, 0.1) is 32.6 Å². The standard InChI is InChI=1S/C25H18Cl2N6O3/c1-12-3-5-20(29-11-12)21-7-13(2)16-10-15(4-6-19(16)30-21)36-22-17(26)8-14(9-18(22)27)33-25(35)31-24(34)23(28)32-33/h3-11H,1-2H3,(H2,28,32)(H,31,34,35). The summed E-state index contributed by atoms with van der Waals surface area (Å²) in [5.41, 5.74) is 8.61. The van der Waals surface area contributed by atoms with Crippen LogP contribution >= 0.6 is 23.2 Å². The molecule has 0 unspecified atom stereocenters. The number of nitrogens with zero attached hydrogens (tertiary/aromatic N) is 4. The molecule has 0 amide bonds. The van der Waals surface area contributed by atoms with Gasteiger partial charge in [0.2, 0.25) is 5.82 Å². The Morgan fingerprint density at radius 2 is 1.72 bits per heavy atom. The minimum Gasteiger partial charge on any atom is -0.454 e. The number of rotatable bonds is 4. The quantitative estimate of drug-likeness (QED) is 0.347. The molecule has 36 heavy (non-hydrogen) atoms. The maximum atomic E-state index is 12.1. The molecule has 0 aliphatic heterocycles. The van der Waals surface area contributed by atoms with Gasteiger partial charge in [0.25, 0.3) is 5.56 Å². The van der Waals surface area contributed by atoms with E-state index in [9.17, 15) is 9.59 Å². The van der Waals surface area contributed by atoms with Crippen LogP contribution in [0.25, 0.3) is 28.0 Å². The predicted octanol–water partition coefficient (Wildman–Crippen LogP) is 4.83. The minimum absolute atomic E-state index is 0.131. The normalized spacial score (nSPS) is 11.1. The third-order valence-corrected chi connectivity index (χ3v) is 6.02. The van der Waals surface area contributed by atoms with Crippen LogP contribution in [0.5, 0.6) is 11.5 Å². The smallest absolute Gasteiger partial charge is 0.349 e. The molecular formula is C25H18Cl2N6O3. The summed E-state index contributed by atoms with van der Waals surface area (Å²) in [5, 5.41) is 4.94. The molecule has 0 bridgehead atoms. The Labute approximate surface area is 214 Å². The van der Waals surface area contributed by atoms with E-state index in [0.29, 0.717) is 5.75 Å². The van der Waals surface area contributed by atoms with Crippen molar-refractivity contribution in [3.8, 4) is 28.6 Å². The molecule has 5 aromatic rings. The van der Waals surface area contributed by atoms with Crippen molar-refractivity contribution in [2.75, 3.05) is 5.73 Å². The SMILES string of the molecule is Cc1ccc(-c2cc(C)c3cc(Oc4c(Cl)cc(-n5nc(N)c(=O)[nH]c5=O)cc4Cl)ccc3n2)nc1. The van der Waals surface area contributed by atoms with E-state index in [2.05, 4.69) is 15.1 Å². The van der Waals surface area contributed by atoms with Crippen LogP contribution in [0.15, 0.2) is 64.3 Å². The van der Waals surface area contributed by atoms with Gasteiger partial charge in [-0.3, -0.25) is 14.8 Å². The average Bonchev–Trinajstić information content (AvgIpc) is 2.84. The third-order valence-electron chi connectivity index (χ3n) is 5.46. The van der Waals surface area contributed by atoms with Gasteiger partial charge in [0.15, 0.2) is 5.75 Å². The maximum Gasteiger partial charge on any atom is 0.349 e. The fourth-order valence-electron chi connectivity index (χ4n) is 3.66. The number of aryl methyl sites for hydroxylation is 2. The largest absolute Gasteiger partial charge is 0.454 e. The Morgan fingerprint density at radius 3 is 2.42 bits per heavy atom. The van der Waals surface area contributed by atoms with Crippen molar-refractivity contribution in [3.63, 3.8) is 0 Å². The monoisotopic (exact) mass is 520 g/mol. The molecule has 2 aromatic carbocycles. The first kappa shape index (κ1) is 23.5. The number of fused-ring (bicyclic) bond motifs is 1. The zero-order valence-corrected chi connectivity index (χ0v) is 20.6. The van der Waals surface area contributed by atoms with Crippen molar-refractivity contribution in [2.24, 2.45) is 0 Å². The zero-order valence-electron chi connectivity index (χ0n) is 19.0. The van der Waals surface area contributed by atoms with Crippen LogP contribution in [-0.2, 0) is 0 Å². The summed E-state index contributed by atoms with van der Waals surface area (Å²) >= 11 is 12.9. The Hall–Kier alpha value is -4.21. The van der Waals surface area contributed by atoms with Crippen molar-refractivity contribution in [1.82, 2.24) is 24.7 Å². The third kappa shape index (κ3) is 4.41. The van der Waals surface area contributed by atoms with E-state index in [-0.39, 0.29) is 27.3 Å². The molecule has 11 heteroatoms. The van der Waals surface area contributed by atoms with E-state index in [1.165, 1.54) is 12.1 Å². The molecule has 3 aromatic heterocycles. The molecule has 0 aliphatic carbocycles. The molecule has 0 radical (unpaired) electrons. The number of ether oxygens (including phenoxy) is 1. The number of pyridine rings is 2. The maximum absolute atomic E-state index is 12.1. The van der Waals surface area contributed by atoms with Gasteiger partial charge in [-0.05, 0) is 67.4 Å². The number of benzene rings is 2. The van der Waals surface area contributed by atoms with Crippen LogP contribution in [0.1, 0.15) is 11.1 Å². The predicted molar refractivity (Wildman–Crippen MR) is 139 cm³/mol. The number of nitrogens with two attached hydrogens (primary N) is 1. The van der Waals surface area contributed by atoms with E-state index in [4.69, 9.17) is 38.7 Å². The van der Waals surface area contributed by atoms with Crippen molar-refractivity contribution in [3.05, 3.63) is 96.7 Å². The topological polar surface area (TPSA) is 129 Å². The number of H-pyrrole nitrogens is 1. The molecule has 3 heterocycles. The number of aromatic nitrogens is 5. The first-order valence-corrected chi connectivity index (χ1v) is 11.5. The van der Waals surface area contributed by atoms with Crippen molar-refractivity contribution < 1.29 is 4.74 Å². The molecule has 9 nitrogen and oxygen atoms in total. The Kier molecular flexibility index (Phi) is 5.95. The molecule has 0 spiro atoms. The fraction of sp³-hybridized carbons (Fsp3) is 0.0800. The van der Waals surface area contributed by atoms with Gasteiger partial charge in [-0.2, -0.15) is 4.68 Å². The Morgan fingerprint density at radius 1 is 0.972 bits per heavy atom. The molecular weight excluding hydrogens is 503 g/mol. The summed E-state index contributed by atoms with van der Waals surface area (Å²) in [6, 6.07) is 14.2. The average molecular weight is 521 g/mol. The molecule has 0 aliphatic rings. The van der Waals surface area contributed by atoms with Crippen LogP contribution in [0.2, 0.25) is 10.0 Å². The molecule has 0 saturated heterocycles. The van der Waals surface area contributed by atoms with Gasteiger partial charge < -0.3 is 10.5 Å². The van der Waals surface area contributed by atoms with Gasteiger partial charge >= 0.3 is 5.69 Å². The second-order valence-corrected chi connectivity index (χ2v) is 8.94. The van der Waals surface area contributed by atoms with Gasteiger partial charge in [-0.25, -0.2) is 9.78 Å². The number of nitrogens with one attached hydrogen (secondary N) is 1. The molecule has 5 rings (SSSR count). The summed E-state index contributed by atoms with van der Waals surface area (Å²) < 4.78 is 6.89. The summed E-state index contributed by atoms with van der Waals surface area (Å²) in [6.45, 7) is 3.97. The van der Waals surface area contributed by atoms with E-state index < -0.39 is 11.2 Å². The Balaban J connectivity index is 1.49. The zero-order chi connectivity index (χ0) is 25.6. The summed E-state index contributed by atoms with van der Waals surface area (Å²) in [6.07, 6.45) is 1.81. The molecule has 0 saturated carbocycles. The van der Waals surface area contributed by atoms with Crippen molar-refractivity contribution in [1.29, 1.82) is 0 Å². The lowest BCUT2D eigenvalue weighted by Crippen LogP contribution is -2.33. The number of hydrogen-bond acceptors (Lipinski definition) is 7. The summed E-state index contributed by atoms with van der Waals surface area (Å²) in [5.74, 6) is 0.315. The summed E-state index contributed by atoms with van der Waals surface area (Å²) in [4.78, 5) is 34.9. The van der Waals surface area contributed by atoms with Crippen LogP contribution in [0.3, 0.4) is 0 Å². The lowest BCUT2D eigenvalue weighted by molar-refractivity contribution is 0.483. The molecule has 3 N–H and O–H groups in total. The van der Waals surface area contributed by atoms with Gasteiger partial charge in [0.1, 0.15) is 5.75 Å². The van der Waals surface area contributed by atoms with E-state index >= 15 is 0 Å². The van der Waals surface area contributed by atoms with Crippen molar-refractivity contribution >= 4 is 39.9 Å². The fourth-order valence-corrected chi connectivity index (χ4v) is 4.21. The number of halogens is 2. The highest BCUT2D eigenvalue weighted by Crippen LogP contribution is 2.39. The summed E-state index contributed by atoms with van der Waals surface area (Å²) in [7, 11) is 0. The number of hydrogen-bond donors (Lipinski definition) is 2. The number of anilines is 1. The van der Waals surface area contributed by atoms with Crippen molar-refractivity contribution in [2.45, 2.75) is 13.8 Å². The second kappa shape index (κ2) is 9.10. The van der Waals surface area contributed by atoms with E-state index in [1.807, 2.05) is 50.4 Å². The minimum atomic E-state index is -0.785. The Bertz CT molecular complexity index is 1740. The highest BCUT2D eigenvalue weighted by molar-refractivity contribution is 6.37.